The molecule has 59 heavy (non-hydrogen) atoms. The topological polar surface area (TPSA) is 178 Å². The van der Waals surface area contributed by atoms with E-state index in [1.807, 2.05) is 33.3 Å². The molecule has 1 rings (SSSR count). The number of likely N-dealkylation sites (N-methyl/N-ethyl adjacent to an activating group) is 1. The van der Waals surface area contributed by atoms with Gasteiger partial charge in [-0.15, -0.1) is 0 Å². The molecular weight excluding hydrogens is 777 g/mol. The Kier molecular flexibility index (Phi) is 31.8. The van der Waals surface area contributed by atoms with Crippen LogP contribution in [0.4, 0.5) is 0 Å². The molecule has 13 nitrogen and oxygen atoms in total. The molecule has 4 N–H and O–H groups in total. The summed E-state index contributed by atoms with van der Waals surface area (Å²) in [5.74, 6) is -1.29. The summed E-state index contributed by atoms with van der Waals surface area (Å²) in [6, 6.07) is 0. The molecule has 0 aromatic rings. The van der Waals surface area contributed by atoms with Crippen LogP contribution in [0.2, 0.25) is 0 Å². The molecular formula is C45H85NO12P+. The van der Waals surface area contributed by atoms with Crippen molar-refractivity contribution in [3.05, 3.63) is 24.3 Å². The summed E-state index contributed by atoms with van der Waals surface area (Å²) in [7, 11) is 1.33. The zero-order valence-corrected chi connectivity index (χ0v) is 38.4. The van der Waals surface area contributed by atoms with Crippen molar-refractivity contribution in [2.75, 3.05) is 47.5 Å². The van der Waals surface area contributed by atoms with Gasteiger partial charge in [-0.25, -0.2) is 4.57 Å². The number of hydrogen-bond acceptors (Lipinski definition) is 11. The number of rotatable bonds is 37. The van der Waals surface area contributed by atoms with Gasteiger partial charge < -0.3 is 38.9 Å². The molecule has 1 aliphatic heterocycles. The number of aliphatic hydroxyl groups excluding tert-OH is 3. The molecule has 2 unspecified atom stereocenters. The third-order valence-corrected chi connectivity index (χ3v) is 11.5. The number of carbonyl (C=O) groups is 2. The fourth-order valence-electron chi connectivity index (χ4n) is 6.82. The summed E-state index contributed by atoms with van der Waals surface area (Å²) in [4.78, 5) is 35.6. The van der Waals surface area contributed by atoms with E-state index < -0.39 is 57.1 Å². The first-order valence-corrected chi connectivity index (χ1v) is 24.5. The van der Waals surface area contributed by atoms with Crippen molar-refractivity contribution in [2.24, 2.45) is 5.92 Å². The average molecular weight is 863 g/mol. The number of carbonyl (C=O) groups excluding carboxylic acids is 2. The summed E-state index contributed by atoms with van der Waals surface area (Å²) < 4.78 is 39.9. The molecule has 0 spiro atoms. The lowest BCUT2D eigenvalue weighted by Gasteiger charge is -2.36. The van der Waals surface area contributed by atoms with Crippen LogP contribution in [-0.2, 0) is 37.4 Å². The maximum Gasteiger partial charge on any atom is 0.472 e. The lowest BCUT2D eigenvalue weighted by molar-refractivity contribution is -0.870. The standard InChI is InChI=1S/C45H84NO12P/c1-6-8-10-11-12-13-14-15-16-17-18-19-20-26-30-44(50)57-39(37-56-59(52,53)55-34-33-46(3,4)5)36-54-43(49)29-25-22-21-24-28-40-41(48)35-45(51)58-42(40)32-31-38(47)27-23-9-7-2/h21,24,31-32,38-42,45,47-48,51H,6-20,22-23,25-30,33-37H2,1-5H3/p+1/b24-21-,32-31+/t38-,39+,40-,41-,42+,45?/m0/s1. The first-order valence-electron chi connectivity index (χ1n) is 23.0. The summed E-state index contributed by atoms with van der Waals surface area (Å²) >= 11 is 0. The van der Waals surface area contributed by atoms with Gasteiger partial charge >= 0.3 is 19.8 Å². The van der Waals surface area contributed by atoms with Crippen LogP contribution in [0, 0.1) is 5.92 Å². The number of phosphoric ester groups is 1. The highest BCUT2D eigenvalue weighted by atomic mass is 31.2. The molecule has 0 aromatic heterocycles. The number of ether oxygens (including phenoxy) is 3. The smallest absolute Gasteiger partial charge is 0.462 e. The molecule has 14 heteroatoms. The lowest BCUT2D eigenvalue weighted by atomic mass is 9.87. The summed E-state index contributed by atoms with van der Waals surface area (Å²) in [6.07, 6.45) is 25.6. The van der Waals surface area contributed by atoms with Crippen molar-refractivity contribution >= 4 is 19.8 Å². The number of nitrogens with zero attached hydrogens (tertiary/aromatic N) is 1. The van der Waals surface area contributed by atoms with Crippen molar-refractivity contribution in [3.8, 4) is 0 Å². The molecule has 1 saturated heterocycles. The van der Waals surface area contributed by atoms with Crippen LogP contribution < -0.4 is 0 Å². The van der Waals surface area contributed by atoms with E-state index in [0.717, 1.165) is 38.5 Å². The Hall–Kier alpha value is -1.67. The summed E-state index contributed by atoms with van der Waals surface area (Å²) in [5, 5.41) is 31.0. The lowest BCUT2D eigenvalue weighted by Crippen LogP contribution is -2.43. The van der Waals surface area contributed by atoms with Gasteiger partial charge in [0.25, 0.3) is 0 Å². The second kappa shape index (κ2) is 33.9. The second-order valence-corrected chi connectivity index (χ2v) is 18.8. The second-order valence-electron chi connectivity index (χ2n) is 17.3. The quantitative estimate of drug-likeness (QED) is 0.0154. The Labute approximate surface area is 357 Å². The normalized spacial score (nSPS) is 20.8. The van der Waals surface area contributed by atoms with Crippen molar-refractivity contribution in [1.29, 1.82) is 0 Å². The fourth-order valence-corrected chi connectivity index (χ4v) is 7.56. The molecule has 0 radical (unpaired) electrons. The minimum absolute atomic E-state index is 0.0105. The number of allylic oxidation sites excluding steroid dienone is 2. The van der Waals surface area contributed by atoms with Crippen LogP contribution in [-0.4, -0.2) is 115 Å². The van der Waals surface area contributed by atoms with E-state index in [0.29, 0.717) is 43.1 Å². The van der Waals surface area contributed by atoms with E-state index >= 15 is 0 Å². The number of hydrogen-bond donors (Lipinski definition) is 4. The van der Waals surface area contributed by atoms with Gasteiger partial charge in [-0.2, -0.15) is 0 Å². The number of aliphatic hydroxyl groups is 3. The van der Waals surface area contributed by atoms with Crippen LogP contribution in [0.1, 0.15) is 168 Å². The maximum atomic E-state index is 12.7. The monoisotopic (exact) mass is 863 g/mol. The fraction of sp³-hybridized carbons (Fsp3) is 0.867. The Bertz CT molecular complexity index is 1180. The van der Waals surface area contributed by atoms with E-state index in [4.69, 9.17) is 23.3 Å². The van der Waals surface area contributed by atoms with E-state index in [1.165, 1.54) is 64.2 Å². The highest BCUT2D eigenvalue weighted by Gasteiger charge is 2.35. The molecule has 0 amide bonds. The predicted octanol–water partition coefficient (Wildman–Crippen LogP) is 8.85. The van der Waals surface area contributed by atoms with Crippen molar-refractivity contribution in [2.45, 2.75) is 199 Å². The van der Waals surface area contributed by atoms with Crippen molar-refractivity contribution in [3.63, 3.8) is 0 Å². The Balaban J connectivity index is 2.52. The number of quaternary nitrogens is 1. The van der Waals surface area contributed by atoms with Gasteiger partial charge in [0.15, 0.2) is 12.4 Å². The summed E-state index contributed by atoms with van der Waals surface area (Å²) in [6.45, 7) is 4.01. The number of phosphoric acid groups is 1. The van der Waals surface area contributed by atoms with Gasteiger partial charge in [-0.3, -0.25) is 18.6 Å². The molecule has 0 aliphatic carbocycles. The molecule has 0 bridgehead atoms. The highest BCUT2D eigenvalue weighted by molar-refractivity contribution is 7.47. The number of unbranched alkanes of at least 4 members (excludes halogenated alkanes) is 16. The SMILES string of the molecule is CCCCCCCCCCCCCCCCC(=O)O[C@H](COC(=O)CCC/C=C\C[C@H]1[C@@H](O)CC(O)O[C@@H]1/C=C/[C@@H](O)CCCCC)COP(=O)(O)OCC[N+](C)(C)C. The van der Waals surface area contributed by atoms with Gasteiger partial charge in [0.05, 0.1) is 46.1 Å². The van der Waals surface area contributed by atoms with Crippen LogP contribution in [0.25, 0.3) is 0 Å². The van der Waals surface area contributed by atoms with Gasteiger partial charge in [-0.1, -0.05) is 141 Å². The first-order chi connectivity index (χ1) is 28.2. The van der Waals surface area contributed by atoms with E-state index in [2.05, 4.69) is 13.8 Å². The third kappa shape index (κ3) is 31.8. The molecule has 0 aromatic carbocycles. The molecule has 7 atom stereocenters. The maximum absolute atomic E-state index is 12.7. The zero-order valence-electron chi connectivity index (χ0n) is 37.5. The van der Waals surface area contributed by atoms with Crippen LogP contribution >= 0.6 is 7.82 Å². The van der Waals surface area contributed by atoms with E-state index in [-0.39, 0.29) is 38.4 Å². The average Bonchev–Trinajstić information content (AvgIpc) is 3.16. The summed E-state index contributed by atoms with van der Waals surface area (Å²) in [5.41, 5.74) is 0. The number of esters is 2. The van der Waals surface area contributed by atoms with Crippen molar-refractivity contribution < 1.29 is 62.1 Å². The molecule has 346 valence electrons. The van der Waals surface area contributed by atoms with Crippen molar-refractivity contribution in [1.82, 2.24) is 0 Å². The highest BCUT2D eigenvalue weighted by Crippen LogP contribution is 2.43. The Morgan fingerprint density at radius 2 is 1.36 bits per heavy atom. The Morgan fingerprint density at radius 3 is 1.97 bits per heavy atom. The van der Waals surface area contributed by atoms with E-state index in [1.54, 1.807) is 12.2 Å². The van der Waals surface area contributed by atoms with Gasteiger partial charge in [0, 0.05) is 25.2 Å². The molecule has 1 heterocycles. The molecule has 0 saturated carbocycles. The van der Waals surface area contributed by atoms with E-state index in [9.17, 15) is 34.4 Å². The van der Waals surface area contributed by atoms with Crippen LogP contribution in [0.5, 0.6) is 0 Å². The van der Waals surface area contributed by atoms with Gasteiger partial charge in [-0.05, 0) is 32.1 Å². The molecule has 1 aliphatic rings. The van der Waals surface area contributed by atoms with Gasteiger partial charge in [0.1, 0.15) is 19.8 Å². The van der Waals surface area contributed by atoms with Crippen LogP contribution in [0.15, 0.2) is 24.3 Å². The largest absolute Gasteiger partial charge is 0.472 e. The minimum atomic E-state index is -4.44. The predicted molar refractivity (Wildman–Crippen MR) is 232 cm³/mol. The molecule has 1 fully saturated rings. The zero-order chi connectivity index (χ0) is 43.8. The third-order valence-electron chi connectivity index (χ3n) is 10.5. The van der Waals surface area contributed by atoms with Crippen LogP contribution in [0.3, 0.4) is 0 Å². The van der Waals surface area contributed by atoms with Gasteiger partial charge in [0.2, 0.25) is 0 Å². The minimum Gasteiger partial charge on any atom is -0.462 e. The first kappa shape index (κ1) is 55.3. The Morgan fingerprint density at radius 1 is 0.780 bits per heavy atom.